The number of nitrogens with one attached hydrogen (secondary N) is 2. The molecule has 0 radical (unpaired) electrons. The summed E-state index contributed by atoms with van der Waals surface area (Å²) in [5, 5.41) is 16.4. The Labute approximate surface area is 115 Å². The number of hydrogen-bond acceptors (Lipinski definition) is 7. The number of aryl methyl sites for hydroxylation is 1. The van der Waals surface area contributed by atoms with Crippen LogP contribution in [0, 0.1) is 6.92 Å². The molecule has 0 aromatic carbocycles. The van der Waals surface area contributed by atoms with Crippen LogP contribution in [-0.4, -0.2) is 48.5 Å². The Balaban J connectivity index is 2.39. The van der Waals surface area contributed by atoms with Crippen molar-refractivity contribution in [1.29, 1.82) is 0 Å². The lowest BCUT2D eigenvalue weighted by molar-refractivity contribution is 0.153. The lowest BCUT2D eigenvalue weighted by atomic mass is 10.3. The van der Waals surface area contributed by atoms with Gasteiger partial charge in [0.15, 0.2) is 0 Å². The number of aliphatic hydroxyl groups excluding tert-OH is 1. The van der Waals surface area contributed by atoms with E-state index in [9.17, 15) is 5.11 Å². The summed E-state index contributed by atoms with van der Waals surface area (Å²) in [4.78, 5) is 10.9. The molecule has 2 aromatic rings. The molecule has 0 fully saturated rings. The van der Waals surface area contributed by atoms with E-state index in [0.717, 1.165) is 16.0 Å². The van der Waals surface area contributed by atoms with E-state index in [0.29, 0.717) is 12.6 Å². The summed E-state index contributed by atoms with van der Waals surface area (Å²) in [6, 6.07) is 1.86. The van der Waals surface area contributed by atoms with Gasteiger partial charge in [0.05, 0.1) is 24.6 Å². The molecule has 0 aliphatic carbocycles. The van der Waals surface area contributed by atoms with Crippen LogP contribution < -0.4 is 10.6 Å². The Morgan fingerprint density at radius 2 is 2.26 bits per heavy atom. The van der Waals surface area contributed by atoms with Crippen molar-refractivity contribution in [2.75, 3.05) is 38.0 Å². The Morgan fingerprint density at radius 1 is 1.47 bits per heavy atom. The second-order valence-corrected chi connectivity index (χ2v) is 5.44. The van der Waals surface area contributed by atoms with E-state index >= 15 is 0 Å². The van der Waals surface area contributed by atoms with E-state index in [1.807, 2.05) is 13.0 Å². The standard InChI is InChI=1S/C12H18N4O2S/c1-7-4-9-10(14-8(5-17)6-18-3)15-12(13-2)16-11(9)19-7/h4,8,17H,5-6H2,1-3H3,(H2,13,14,15,16). The lowest BCUT2D eigenvalue weighted by Crippen LogP contribution is -2.29. The minimum Gasteiger partial charge on any atom is -0.394 e. The molecule has 1 atom stereocenters. The third kappa shape index (κ3) is 3.12. The highest BCUT2D eigenvalue weighted by Gasteiger charge is 2.14. The van der Waals surface area contributed by atoms with Gasteiger partial charge in [0.1, 0.15) is 10.6 Å². The number of methoxy groups -OCH3 is 1. The van der Waals surface area contributed by atoms with E-state index in [4.69, 9.17) is 4.74 Å². The van der Waals surface area contributed by atoms with E-state index in [-0.39, 0.29) is 12.6 Å². The van der Waals surface area contributed by atoms with Gasteiger partial charge in [-0.15, -0.1) is 11.3 Å². The molecule has 104 valence electrons. The van der Waals surface area contributed by atoms with Crippen molar-refractivity contribution in [3.05, 3.63) is 10.9 Å². The summed E-state index contributed by atoms with van der Waals surface area (Å²) in [5.74, 6) is 1.28. The number of rotatable bonds is 6. The van der Waals surface area contributed by atoms with Gasteiger partial charge in [-0.05, 0) is 13.0 Å². The van der Waals surface area contributed by atoms with Gasteiger partial charge in [0.25, 0.3) is 0 Å². The van der Waals surface area contributed by atoms with Crippen molar-refractivity contribution < 1.29 is 9.84 Å². The van der Waals surface area contributed by atoms with Crippen molar-refractivity contribution in [3.8, 4) is 0 Å². The SMILES string of the molecule is CNc1nc(NC(CO)COC)c2cc(C)sc2n1. The number of fused-ring (bicyclic) bond motifs is 1. The summed E-state index contributed by atoms with van der Waals surface area (Å²) in [7, 11) is 3.39. The number of hydrogen-bond donors (Lipinski definition) is 3. The number of anilines is 2. The Morgan fingerprint density at radius 3 is 2.89 bits per heavy atom. The number of aromatic nitrogens is 2. The minimum absolute atomic E-state index is 0.0165. The van der Waals surface area contributed by atoms with Crippen LogP contribution in [0.5, 0.6) is 0 Å². The maximum Gasteiger partial charge on any atom is 0.225 e. The average Bonchev–Trinajstić information content (AvgIpc) is 2.78. The molecule has 0 bridgehead atoms. The summed E-state index contributed by atoms with van der Waals surface area (Å²) >= 11 is 1.62. The zero-order chi connectivity index (χ0) is 13.8. The van der Waals surface area contributed by atoms with Gasteiger partial charge in [-0.2, -0.15) is 4.98 Å². The Hall–Kier alpha value is -1.44. The average molecular weight is 282 g/mol. The lowest BCUT2D eigenvalue weighted by Gasteiger charge is -2.16. The fourth-order valence-corrected chi connectivity index (χ4v) is 2.68. The van der Waals surface area contributed by atoms with E-state index < -0.39 is 0 Å². The van der Waals surface area contributed by atoms with Crippen molar-refractivity contribution in [1.82, 2.24) is 9.97 Å². The van der Waals surface area contributed by atoms with Gasteiger partial charge >= 0.3 is 0 Å². The van der Waals surface area contributed by atoms with Gasteiger partial charge in [-0.3, -0.25) is 0 Å². The van der Waals surface area contributed by atoms with Gasteiger partial charge < -0.3 is 20.5 Å². The fourth-order valence-electron chi connectivity index (χ4n) is 1.80. The smallest absolute Gasteiger partial charge is 0.225 e. The second-order valence-electron chi connectivity index (χ2n) is 4.20. The number of nitrogens with zero attached hydrogens (tertiary/aromatic N) is 2. The molecule has 0 saturated heterocycles. The van der Waals surface area contributed by atoms with Crippen molar-refractivity contribution >= 4 is 33.3 Å². The van der Waals surface area contributed by atoms with Gasteiger partial charge in [0.2, 0.25) is 5.95 Å². The van der Waals surface area contributed by atoms with Gasteiger partial charge in [0, 0.05) is 19.0 Å². The summed E-state index contributed by atoms with van der Waals surface area (Å²) in [6.45, 7) is 2.44. The molecule has 19 heavy (non-hydrogen) atoms. The Bertz CT molecular complexity index is 558. The molecule has 6 nitrogen and oxygen atoms in total. The monoisotopic (exact) mass is 282 g/mol. The first-order valence-corrected chi connectivity index (χ1v) is 6.81. The molecule has 1 unspecified atom stereocenters. The van der Waals surface area contributed by atoms with Crippen LogP contribution in [0.2, 0.25) is 0 Å². The van der Waals surface area contributed by atoms with Crippen LogP contribution in [0.1, 0.15) is 4.88 Å². The van der Waals surface area contributed by atoms with Crippen LogP contribution in [0.25, 0.3) is 10.2 Å². The molecule has 2 rings (SSSR count). The Kier molecular flexibility index (Phi) is 4.52. The molecule has 0 aliphatic rings. The fraction of sp³-hybridized carbons (Fsp3) is 0.500. The molecule has 7 heteroatoms. The molecule has 2 heterocycles. The van der Waals surface area contributed by atoms with Crippen molar-refractivity contribution in [3.63, 3.8) is 0 Å². The second kappa shape index (κ2) is 6.14. The quantitative estimate of drug-likeness (QED) is 0.744. The third-order valence-corrected chi connectivity index (χ3v) is 3.61. The highest BCUT2D eigenvalue weighted by molar-refractivity contribution is 7.18. The summed E-state index contributed by atoms with van der Waals surface area (Å²) in [5.41, 5.74) is 0. The van der Waals surface area contributed by atoms with Crippen LogP contribution in [0.4, 0.5) is 11.8 Å². The molecule has 0 aliphatic heterocycles. The molecule has 0 amide bonds. The van der Waals surface area contributed by atoms with Gasteiger partial charge in [-0.1, -0.05) is 0 Å². The number of aliphatic hydroxyl groups is 1. The molecular formula is C12H18N4O2S. The zero-order valence-electron chi connectivity index (χ0n) is 11.2. The number of ether oxygens (including phenoxy) is 1. The molecular weight excluding hydrogens is 264 g/mol. The predicted octanol–water partition coefficient (Wildman–Crippen LogP) is 1.46. The van der Waals surface area contributed by atoms with Gasteiger partial charge in [-0.25, -0.2) is 4.98 Å². The molecule has 0 spiro atoms. The van der Waals surface area contributed by atoms with E-state index in [1.54, 1.807) is 25.5 Å². The van der Waals surface area contributed by atoms with Crippen LogP contribution in [0.15, 0.2) is 6.07 Å². The van der Waals surface area contributed by atoms with Crippen molar-refractivity contribution in [2.24, 2.45) is 0 Å². The predicted molar refractivity (Wildman–Crippen MR) is 78.1 cm³/mol. The zero-order valence-corrected chi connectivity index (χ0v) is 12.0. The normalized spacial score (nSPS) is 12.6. The first-order chi connectivity index (χ1) is 9.17. The van der Waals surface area contributed by atoms with E-state index in [2.05, 4.69) is 20.6 Å². The maximum atomic E-state index is 9.32. The minimum atomic E-state index is -0.187. The van der Waals surface area contributed by atoms with Crippen LogP contribution >= 0.6 is 11.3 Å². The summed E-state index contributed by atoms with van der Waals surface area (Å²) < 4.78 is 5.06. The molecule has 0 saturated carbocycles. The maximum absolute atomic E-state index is 9.32. The number of thiophene rings is 1. The largest absolute Gasteiger partial charge is 0.394 e. The highest BCUT2D eigenvalue weighted by atomic mass is 32.1. The molecule has 2 aromatic heterocycles. The highest BCUT2D eigenvalue weighted by Crippen LogP contribution is 2.29. The van der Waals surface area contributed by atoms with E-state index in [1.165, 1.54) is 4.88 Å². The third-order valence-electron chi connectivity index (χ3n) is 2.67. The van der Waals surface area contributed by atoms with Crippen LogP contribution in [0.3, 0.4) is 0 Å². The first kappa shape index (κ1) is 14.0. The molecule has 3 N–H and O–H groups in total. The van der Waals surface area contributed by atoms with Crippen molar-refractivity contribution in [2.45, 2.75) is 13.0 Å². The topological polar surface area (TPSA) is 79.3 Å². The van der Waals surface area contributed by atoms with Crippen LogP contribution in [-0.2, 0) is 4.74 Å². The first-order valence-electron chi connectivity index (χ1n) is 6.00. The summed E-state index contributed by atoms with van der Waals surface area (Å²) in [6.07, 6.45) is 0.